The first-order valence-corrected chi connectivity index (χ1v) is 10.9. The van der Waals surface area contributed by atoms with Crippen LogP contribution in [0.25, 0.3) is 0 Å². The Bertz CT molecular complexity index is 813. The minimum Gasteiger partial charge on any atom is -0.497 e. The predicted molar refractivity (Wildman–Crippen MR) is 107 cm³/mol. The van der Waals surface area contributed by atoms with E-state index in [0.717, 1.165) is 24.2 Å². The van der Waals surface area contributed by atoms with E-state index in [1.54, 1.807) is 7.11 Å². The minimum atomic E-state index is -3.36. The molecule has 1 N–H and O–H groups in total. The van der Waals surface area contributed by atoms with Crippen LogP contribution in [0.15, 0.2) is 54.6 Å². The molecule has 1 fully saturated rings. The SMILES string of the molecule is COc1ccc(CCS(=O)(=O)NCC2(c3ccccc3)CCOCC2)cc1. The zero-order valence-corrected chi connectivity index (χ0v) is 16.5. The van der Waals surface area contributed by atoms with Crippen LogP contribution < -0.4 is 9.46 Å². The summed E-state index contributed by atoms with van der Waals surface area (Å²) in [6.45, 7) is 1.72. The normalized spacial score (nSPS) is 16.8. The van der Waals surface area contributed by atoms with Crippen molar-refractivity contribution < 1.29 is 17.9 Å². The number of hydrogen-bond donors (Lipinski definition) is 1. The lowest BCUT2D eigenvalue weighted by molar-refractivity contribution is 0.0517. The van der Waals surface area contributed by atoms with Crippen LogP contribution in [0.3, 0.4) is 0 Å². The maximum Gasteiger partial charge on any atom is 0.211 e. The second kappa shape index (κ2) is 8.87. The quantitative estimate of drug-likeness (QED) is 0.754. The van der Waals surface area contributed by atoms with Gasteiger partial charge in [-0.05, 0) is 42.5 Å². The molecule has 2 aromatic carbocycles. The number of hydrogen-bond acceptors (Lipinski definition) is 4. The minimum absolute atomic E-state index is 0.0701. The number of rotatable bonds is 8. The Labute approximate surface area is 161 Å². The molecule has 0 aromatic heterocycles. The van der Waals surface area contributed by atoms with E-state index in [1.807, 2.05) is 42.5 Å². The maximum absolute atomic E-state index is 12.6. The van der Waals surface area contributed by atoms with Gasteiger partial charge in [0, 0.05) is 25.2 Å². The van der Waals surface area contributed by atoms with Crippen molar-refractivity contribution in [2.75, 3.05) is 32.6 Å². The predicted octanol–water partition coefficient (Wildman–Crippen LogP) is 2.91. The molecule has 0 amide bonds. The zero-order chi connectivity index (χ0) is 19.2. The van der Waals surface area contributed by atoms with Crippen LogP contribution in [0.2, 0.25) is 0 Å². The molecular formula is C21H27NO4S. The molecule has 0 saturated carbocycles. The van der Waals surface area contributed by atoms with Crippen LogP contribution in [0.4, 0.5) is 0 Å². The molecular weight excluding hydrogens is 362 g/mol. The van der Waals surface area contributed by atoms with E-state index in [9.17, 15) is 8.42 Å². The van der Waals surface area contributed by atoms with Crippen molar-refractivity contribution in [3.63, 3.8) is 0 Å². The molecule has 0 atom stereocenters. The van der Waals surface area contributed by atoms with E-state index in [-0.39, 0.29) is 11.2 Å². The van der Waals surface area contributed by atoms with Crippen molar-refractivity contribution >= 4 is 10.0 Å². The number of sulfonamides is 1. The molecule has 5 nitrogen and oxygen atoms in total. The van der Waals surface area contributed by atoms with Crippen LogP contribution in [0, 0.1) is 0 Å². The van der Waals surface area contributed by atoms with E-state index in [0.29, 0.717) is 26.2 Å². The average molecular weight is 390 g/mol. The maximum atomic E-state index is 12.6. The third kappa shape index (κ3) is 5.31. The summed E-state index contributed by atoms with van der Waals surface area (Å²) in [5, 5.41) is 0. The molecule has 1 heterocycles. The molecule has 27 heavy (non-hydrogen) atoms. The number of ether oxygens (including phenoxy) is 2. The van der Waals surface area contributed by atoms with E-state index in [2.05, 4.69) is 16.9 Å². The summed E-state index contributed by atoms with van der Waals surface area (Å²) in [5.74, 6) is 0.838. The summed E-state index contributed by atoms with van der Waals surface area (Å²) in [6, 6.07) is 17.7. The lowest BCUT2D eigenvalue weighted by Crippen LogP contribution is -2.45. The molecule has 0 bridgehead atoms. The highest BCUT2D eigenvalue weighted by Gasteiger charge is 2.35. The van der Waals surface area contributed by atoms with Crippen molar-refractivity contribution in [1.82, 2.24) is 4.72 Å². The van der Waals surface area contributed by atoms with E-state index in [1.165, 1.54) is 5.56 Å². The van der Waals surface area contributed by atoms with E-state index >= 15 is 0 Å². The van der Waals surface area contributed by atoms with Gasteiger partial charge < -0.3 is 9.47 Å². The van der Waals surface area contributed by atoms with Gasteiger partial charge >= 0.3 is 0 Å². The Morgan fingerprint density at radius 2 is 1.70 bits per heavy atom. The molecule has 6 heteroatoms. The molecule has 0 aliphatic carbocycles. The van der Waals surface area contributed by atoms with Gasteiger partial charge in [-0.15, -0.1) is 0 Å². The molecule has 1 aliphatic heterocycles. The Kier molecular flexibility index (Phi) is 6.52. The van der Waals surface area contributed by atoms with Gasteiger partial charge in [-0.3, -0.25) is 0 Å². The molecule has 3 rings (SSSR count). The van der Waals surface area contributed by atoms with Crippen LogP contribution in [0.5, 0.6) is 5.75 Å². The zero-order valence-electron chi connectivity index (χ0n) is 15.7. The van der Waals surface area contributed by atoms with Gasteiger partial charge in [0.1, 0.15) is 5.75 Å². The molecule has 0 unspecified atom stereocenters. The van der Waals surface area contributed by atoms with Gasteiger partial charge in [-0.1, -0.05) is 42.5 Å². The first-order chi connectivity index (χ1) is 13.0. The molecule has 0 radical (unpaired) electrons. The van der Waals surface area contributed by atoms with Gasteiger partial charge in [0.15, 0.2) is 0 Å². The van der Waals surface area contributed by atoms with Crippen LogP contribution >= 0.6 is 0 Å². The second-order valence-corrected chi connectivity index (χ2v) is 8.92. The van der Waals surface area contributed by atoms with Crippen LogP contribution in [-0.4, -0.2) is 41.0 Å². The number of aryl methyl sites for hydroxylation is 1. The van der Waals surface area contributed by atoms with Gasteiger partial charge in [0.05, 0.1) is 12.9 Å². The fourth-order valence-electron chi connectivity index (χ4n) is 3.49. The van der Waals surface area contributed by atoms with Crippen molar-refractivity contribution in [1.29, 1.82) is 0 Å². The average Bonchev–Trinajstić information content (AvgIpc) is 2.73. The van der Waals surface area contributed by atoms with E-state index < -0.39 is 10.0 Å². The van der Waals surface area contributed by atoms with Gasteiger partial charge in [0.2, 0.25) is 10.0 Å². The first kappa shape index (κ1) is 19.9. The van der Waals surface area contributed by atoms with Gasteiger partial charge in [-0.2, -0.15) is 0 Å². The lowest BCUT2D eigenvalue weighted by Gasteiger charge is -2.37. The summed E-state index contributed by atoms with van der Waals surface area (Å²) in [6.07, 6.45) is 2.11. The molecule has 0 spiro atoms. The molecule has 2 aromatic rings. The molecule has 1 aliphatic rings. The van der Waals surface area contributed by atoms with E-state index in [4.69, 9.17) is 9.47 Å². The van der Waals surface area contributed by atoms with Crippen molar-refractivity contribution in [3.8, 4) is 5.75 Å². The topological polar surface area (TPSA) is 64.6 Å². The molecule has 1 saturated heterocycles. The Morgan fingerprint density at radius 1 is 1.04 bits per heavy atom. The summed E-state index contributed by atoms with van der Waals surface area (Å²) in [5.41, 5.74) is 1.95. The highest BCUT2D eigenvalue weighted by atomic mass is 32.2. The summed E-state index contributed by atoms with van der Waals surface area (Å²) < 4.78 is 38.7. The summed E-state index contributed by atoms with van der Waals surface area (Å²) in [4.78, 5) is 0. The Morgan fingerprint density at radius 3 is 2.33 bits per heavy atom. The van der Waals surface area contributed by atoms with Crippen molar-refractivity contribution in [2.24, 2.45) is 0 Å². The fourth-order valence-corrected chi connectivity index (χ4v) is 4.63. The monoisotopic (exact) mass is 389 g/mol. The third-order valence-corrected chi connectivity index (χ3v) is 6.61. The smallest absolute Gasteiger partial charge is 0.211 e. The van der Waals surface area contributed by atoms with Gasteiger partial charge in [-0.25, -0.2) is 13.1 Å². The largest absolute Gasteiger partial charge is 0.497 e. The summed E-state index contributed by atoms with van der Waals surface area (Å²) in [7, 11) is -1.75. The highest BCUT2D eigenvalue weighted by molar-refractivity contribution is 7.89. The summed E-state index contributed by atoms with van der Waals surface area (Å²) >= 11 is 0. The first-order valence-electron chi connectivity index (χ1n) is 9.27. The number of methoxy groups -OCH3 is 1. The number of benzene rings is 2. The lowest BCUT2D eigenvalue weighted by atomic mass is 9.74. The third-order valence-electron chi connectivity index (χ3n) is 5.29. The van der Waals surface area contributed by atoms with Crippen molar-refractivity contribution in [2.45, 2.75) is 24.7 Å². The number of nitrogens with one attached hydrogen (secondary N) is 1. The highest BCUT2D eigenvalue weighted by Crippen LogP contribution is 2.34. The Hall–Kier alpha value is -1.89. The second-order valence-electron chi connectivity index (χ2n) is 7.00. The molecule has 146 valence electrons. The standard InChI is InChI=1S/C21H27NO4S/c1-25-20-9-7-18(8-10-20)11-16-27(23,24)22-17-21(12-14-26-15-13-21)19-5-3-2-4-6-19/h2-10,22H,11-17H2,1H3. The van der Waals surface area contributed by atoms with Gasteiger partial charge in [0.25, 0.3) is 0 Å². The van der Waals surface area contributed by atoms with Crippen LogP contribution in [-0.2, 0) is 26.6 Å². The van der Waals surface area contributed by atoms with Crippen molar-refractivity contribution in [3.05, 3.63) is 65.7 Å². The van der Waals surface area contributed by atoms with Crippen LogP contribution in [0.1, 0.15) is 24.0 Å². The Balaban J connectivity index is 1.63. The fraction of sp³-hybridized carbons (Fsp3) is 0.429.